The average molecular weight is 460 g/mol. The van der Waals surface area contributed by atoms with Gasteiger partial charge in [0.2, 0.25) is 11.8 Å². The van der Waals surface area contributed by atoms with Crippen molar-refractivity contribution in [1.29, 1.82) is 0 Å². The normalized spacial score (nSPS) is 15.2. The highest BCUT2D eigenvalue weighted by molar-refractivity contribution is 5.90. The van der Waals surface area contributed by atoms with Gasteiger partial charge in [0, 0.05) is 6.92 Å². The highest BCUT2D eigenvalue weighted by atomic mass is 16.6. The minimum absolute atomic E-state index is 0.240. The molecule has 0 saturated heterocycles. The molecule has 0 fully saturated rings. The molecule has 0 aliphatic heterocycles. The molecule has 0 saturated carbocycles. The molecule has 0 radical (unpaired) electrons. The fourth-order valence-electron chi connectivity index (χ4n) is 2.63. The second-order valence-corrected chi connectivity index (χ2v) is 9.26. The van der Waals surface area contributed by atoms with Crippen LogP contribution in [0, 0.1) is 11.8 Å². The fourth-order valence-corrected chi connectivity index (χ4v) is 2.63. The van der Waals surface area contributed by atoms with Gasteiger partial charge in [0.15, 0.2) is 6.04 Å². The number of aliphatic carboxylic acids is 1. The van der Waals surface area contributed by atoms with Crippen molar-refractivity contribution in [2.24, 2.45) is 11.8 Å². The standard InChI is InChI=1S/C21H37N3O8/c1-10(2)14(22-13(6)25)17(26)23-15(11(3)4)19(29)31-12(5)16(18(27)28)24-20(30)32-21(7,8)9/h10-12,14-16H,1-9H3,(H,22,25)(H,23,26)(H,24,30)(H,27,28)/t12-,14+,15+,16+/m1/s1. The molecule has 0 spiro atoms. The molecule has 0 bridgehead atoms. The summed E-state index contributed by atoms with van der Waals surface area (Å²) in [6.45, 7) is 14.3. The Morgan fingerprint density at radius 3 is 1.66 bits per heavy atom. The Kier molecular flexibility index (Phi) is 11.2. The molecule has 3 amide bonds. The zero-order valence-electron chi connectivity index (χ0n) is 20.3. The number of hydrogen-bond acceptors (Lipinski definition) is 7. The summed E-state index contributed by atoms with van der Waals surface area (Å²) in [5.74, 6) is -3.90. The largest absolute Gasteiger partial charge is 0.480 e. The molecule has 4 atom stereocenters. The van der Waals surface area contributed by atoms with Gasteiger partial charge in [-0.1, -0.05) is 27.7 Å². The van der Waals surface area contributed by atoms with Crippen LogP contribution in [-0.4, -0.2) is 64.8 Å². The van der Waals surface area contributed by atoms with E-state index in [0.29, 0.717) is 0 Å². The topological polar surface area (TPSA) is 160 Å². The number of esters is 1. The summed E-state index contributed by atoms with van der Waals surface area (Å²) in [6.07, 6.45) is -2.24. The van der Waals surface area contributed by atoms with E-state index in [1.165, 1.54) is 13.8 Å². The molecule has 0 aliphatic rings. The van der Waals surface area contributed by atoms with Gasteiger partial charge >= 0.3 is 18.0 Å². The van der Waals surface area contributed by atoms with Gasteiger partial charge in [0.05, 0.1) is 0 Å². The molecule has 11 heteroatoms. The van der Waals surface area contributed by atoms with Crippen LogP contribution >= 0.6 is 0 Å². The number of carboxylic acids is 1. The van der Waals surface area contributed by atoms with Crippen molar-refractivity contribution in [1.82, 2.24) is 16.0 Å². The smallest absolute Gasteiger partial charge is 0.408 e. The lowest BCUT2D eigenvalue weighted by atomic mass is 10.00. The number of carbonyl (C=O) groups is 5. The van der Waals surface area contributed by atoms with Crippen molar-refractivity contribution in [3.8, 4) is 0 Å². The predicted octanol–water partition coefficient (Wildman–Crippen LogP) is 1.20. The SMILES string of the molecule is CC(=O)N[C@H](C(=O)N[C@H](C(=O)O[C@H](C)[C@H](NC(=O)OC(C)(C)C)C(=O)O)C(C)C)C(C)C. The minimum atomic E-state index is -1.57. The second kappa shape index (κ2) is 12.3. The number of alkyl carbamates (subject to hydrolysis) is 1. The van der Waals surface area contributed by atoms with E-state index in [4.69, 9.17) is 9.47 Å². The Morgan fingerprint density at radius 2 is 1.28 bits per heavy atom. The van der Waals surface area contributed by atoms with E-state index in [2.05, 4.69) is 16.0 Å². The Balaban J connectivity index is 5.36. The predicted molar refractivity (Wildman–Crippen MR) is 116 cm³/mol. The van der Waals surface area contributed by atoms with Gasteiger partial charge in [-0.05, 0) is 39.5 Å². The van der Waals surface area contributed by atoms with Crippen molar-refractivity contribution in [2.75, 3.05) is 0 Å². The molecule has 0 aromatic heterocycles. The van der Waals surface area contributed by atoms with E-state index in [1.54, 1.807) is 48.5 Å². The third-order valence-electron chi connectivity index (χ3n) is 4.24. The first kappa shape index (κ1) is 29.1. The van der Waals surface area contributed by atoms with Crippen LogP contribution in [0.2, 0.25) is 0 Å². The van der Waals surface area contributed by atoms with E-state index in [0.717, 1.165) is 0 Å². The first-order chi connectivity index (χ1) is 14.5. The first-order valence-corrected chi connectivity index (χ1v) is 10.5. The number of carboxylic acid groups (broad SMARTS) is 1. The second-order valence-electron chi connectivity index (χ2n) is 9.26. The number of amides is 3. The Morgan fingerprint density at radius 1 is 0.781 bits per heavy atom. The lowest BCUT2D eigenvalue weighted by Gasteiger charge is -2.29. The number of nitrogens with one attached hydrogen (secondary N) is 3. The minimum Gasteiger partial charge on any atom is -0.480 e. The highest BCUT2D eigenvalue weighted by Crippen LogP contribution is 2.12. The molecular formula is C21H37N3O8. The van der Waals surface area contributed by atoms with Crippen LogP contribution < -0.4 is 16.0 Å². The van der Waals surface area contributed by atoms with E-state index in [9.17, 15) is 29.1 Å². The van der Waals surface area contributed by atoms with Crippen molar-refractivity contribution < 1.29 is 38.6 Å². The Hall–Kier alpha value is -2.85. The van der Waals surface area contributed by atoms with Crippen molar-refractivity contribution in [3.05, 3.63) is 0 Å². The summed E-state index contributed by atoms with van der Waals surface area (Å²) < 4.78 is 10.3. The van der Waals surface area contributed by atoms with Crippen LogP contribution in [0.5, 0.6) is 0 Å². The van der Waals surface area contributed by atoms with E-state index < -0.39 is 65.6 Å². The van der Waals surface area contributed by atoms with Crippen molar-refractivity contribution in [2.45, 2.75) is 92.1 Å². The molecule has 0 rings (SSSR count). The summed E-state index contributed by atoms with van der Waals surface area (Å²) >= 11 is 0. The molecule has 0 heterocycles. The highest BCUT2D eigenvalue weighted by Gasteiger charge is 2.35. The molecule has 0 aliphatic carbocycles. The van der Waals surface area contributed by atoms with Crippen molar-refractivity contribution >= 4 is 29.8 Å². The number of hydrogen-bond donors (Lipinski definition) is 4. The van der Waals surface area contributed by atoms with Gasteiger partial charge in [-0.15, -0.1) is 0 Å². The van der Waals surface area contributed by atoms with Gasteiger partial charge in [0.1, 0.15) is 23.8 Å². The first-order valence-electron chi connectivity index (χ1n) is 10.5. The molecule has 0 aromatic rings. The zero-order chi connectivity index (χ0) is 25.4. The molecule has 32 heavy (non-hydrogen) atoms. The molecule has 0 aromatic carbocycles. The van der Waals surface area contributed by atoms with E-state index in [1.807, 2.05) is 0 Å². The maximum Gasteiger partial charge on any atom is 0.408 e. The lowest BCUT2D eigenvalue weighted by Crippen LogP contribution is -2.56. The summed E-state index contributed by atoms with van der Waals surface area (Å²) in [5.41, 5.74) is -0.846. The number of rotatable bonds is 10. The quantitative estimate of drug-likeness (QED) is 0.354. The lowest BCUT2D eigenvalue weighted by molar-refractivity contribution is -0.158. The molecular weight excluding hydrogens is 422 g/mol. The molecule has 0 unspecified atom stereocenters. The Bertz CT molecular complexity index is 700. The third-order valence-corrected chi connectivity index (χ3v) is 4.24. The summed E-state index contributed by atoms with van der Waals surface area (Å²) in [6, 6.07) is -3.53. The Labute approximate surface area is 189 Å². The van der Waals surface area contributed by atoms with Gasteiger partial charge in [0.25, 0.3) is 0 Å². The van der Waals surface area contributed by atoms with Gasteiger partial charge in [-0.2, -0.15) is 0 Å². The van der Waals surface area contributed by atoms with Gasteiger partial charge in [-0.25, -0.2) is 14.4 Å². The van der Waals surface area contributed by atoms with Crippen molar-refractivity contribution in [3.63, 3.8) is 0 Å². The van der Waals surface area contributed by atoms with Crippen LogP contribution in [0.4, 0.5) is 4.79 Å². The fraction of sp³-hybridized carbons (Fsp3) is 0.762. The summed E-state index contributed by atoms with van der Waals surface area (Å²) in [7, 11) is 0. The number of ether oxygens (including phenoxy) is 2. The molecule has 184 valence electrons. The maximum atomic E-state index is 12.7. The van der Waals surface area contributed by atoms with Crippen LogP contribution in [-0.2, 0) is 28.7 Å². The van der Waals surface area contributed by atoms with E-state index in [-0.39, 0.29) is 5.92 Å². The number of carbonyl (C=O) groups excluding carboxylic acids is 4. The summed E-state index contributed by atoms with van der Waals surface area (Å²) in [4.78, 5) is 60.3. The van der Waals surface area contributed by atoms with Gasteiger partial charge in [-0.3, -0.25) is 9.59 Å². The van der Waals surface area contributed by atoms with E-state index >= 15 is 0 Å². The summed E-state index contributed by atoms with van der Waals surface area (Å²) in [5, 5.41) is 16.7. The molecule has 4 N–H and O–H groups in total. The molecule has 11 nitrogen and oxygen atoms in total. The maximum absolute atomic E-state index is 12.7. The van der Waals surface area contributed by atoms with Gasteiger partial charge < -0.3 is 30.5 Å². The third kappa shape index (κ3) is 10.5. The van der Waals surface area contributed by atoms with Crippen LogP contribution in [0.25, 0.3) is 0 Å². The van der Waals surface area contributed by atoms with Crippen LogP contribution in [0.1, 0.15) is 62.3 Å². The van der Waals surface area contributed by atoms with Crippen LogP contribution in [0.3, 0.4) is 0 Å². The monoisotopic (exact) mass is 459 g/mol. The average Bonchev–Trinajstić information content (AvgIpc) is 2.59. The van der Waals surface area contributed by atoms with Crippen LogP contribution in [0.15, 0.2) is 0 Å². The zero-order valence-corrected chi connectivity index (χ0v) is 20.3.